The van der Waals surface area contributed by atoms with E-state index in [0.29, 0.717) is 5.92 Å². The van der Waals surface area contributed by atoms with E-state index in [4.69, 9.17) is 0 Å². The minimum absolute atomic E-state index is 0.0216. The van der Waals surface area contributed by atoms with Crippen molar-refractivity contribution >= 4 is 89.3 Å². The van der Waals surface area contributed by atoms with Crippen molar-refractivity contribution in [1.82, 2.24) is 0 Å². The molecule has 3 saturated carbocycles. The first-order chi connectivity index (χ1) is 42.2. The van der Waals surface area contributed by atoms with E-state index in [1.807, 2.05) is 0 Å². The van der Waals surface area contributed by atoms with Crippen molar-refractivity contribution in [1.29, 1.82) is 0 Å². The highest BCUT2D eigenvalue weighted by Gasteiger charge is 2.72. The molecule has 2 bridgehead atoms. The first-order valence-corrected chi connectivity index (χ1v) is 34.9. The van der Waals surface area contributed by atoms with Crippen LogP contribution in [0.5, 0.6) is 0 Å². The molecule has 3 aliphatic heterocycles. The Hall–Kier alpha value is -6.82. The van der Waals surface area contributed by atoms with Crippen LogP contribution in [0.1, 0.15) is 201 Å². The van der Waals surface area contributed by atoms with Gasteiger partial charge in [-0.2, -0.15) is 0 Å². The number of para-hydroxylation sites is 1. The molecule has 0 amide bonds. The summed E-state index contributed by atoms with van der Waals surface area (Å²) < 4.78 is 2.92. The lowest BCUT2D eigenvalue weighted by Gasteiger charge is -2.53. The van der Waals surface area contributed by atoms with E-state index in [1.54, 1.807) is 16.7 Å². The Labute approximate surface area is 536 Å². The number of hydrogen-bond acceptors (Lipinski definition) is 4. The van der Waals surface area contributed by atoms with Gasteiger partial charge in [-0.25, -0.2) is 0 Å². The molecule has 89 heavy (non-hydrogen) atoms. The molecule has 5 heteroatoms. The van der Waals surface area contributed by atoms with Crippen LogP contribution in [0.25, 0.3) is 32.3 Å². The fourth-order valence-electron chi connectivity index (χ4n) is 20.5. The smallest absolute Gasteiger partial charge is 0.264 e. The molecule has 1 aromatic heterocycles. The van der Waals surface area contributed by atoms with Crippen molar-refractivity contribution in [2.75, 3.05) is 14.7 Å². The highest BCUT2D eigenvalue weighted by Crippen LogP contribution is 2.78. The maximum atomic E-state index is 3.00. The third-order valence-corrected chi connectivity index (χ3v) is 27.5. The summed E-state index contributed by atoms with van der Waals surface area (Å²) in [6, 6.07) is 63.5. The normalized spacial score (nSPS) is 25.8. The molecule has 5 aliphatic carbocycles. The first kappa shape index (κ1) is 56.2. The number of anilines is 8. The quantitative estimate of drug-likeness (QED) is 0.159. The lowest BCUT2D eigenvalue weighted by atomic mass is 9.36. The summed E-state index contributed by atoms with van der Waals surface area (Å²) >= 11 is 2.11. The monoisotopic (exact) mass is 1180 g/mol. The highest BCUT2D eigenvalue weighted by atomic mass is 32.1. The predicted octanol–water partition coefficient (Wildman–Crippen LogP) is 21.4. The van der Waals surface area contributed by atoms with Crippen molar-refractivity contribution in [2.45, 2.75) is 200 Å². The van der Waals surface area contributed by atoms with Crippen molar-refractivity contribution < 1.29 is 0 Å². The van der Waals surface area contributed by atoms with Crippen LogP contribution in [0.3, 0.4) is 0 Å². The lowest BCUT2D eigenvalue weighted by molar-refractivity contribution is 0.0990. The van der Waals surface area contributed by atoms with Gasteiger partial charge in [-0.1, -0.05) is 207 Å². The highest BCUT2D eigenvalue weighted by molar-refractivity contribution is 7.33. The number of fused-ring (bicyclic) bond motifs is 18. The summed E-state index contributed by atoms with van der Waals surface area (Å²) in [4.78, 5) is 8.55. The van der Waals surface area contributed by atoms with Gasteiger partial charge < -0.3 is 14.7 Å². The second-order valence-electron chi connectivity index (χ2n) is 33.7. The largest absolute Gasteiger partial charge is 0.335 e. The fraction of sp³-hybridized carbons (Fsp3) is 0.405. The molecule has 1 spiro atoms. The van der Waals surface area contributed by atoms with Gasteiger partial charge >= 0.3 is 0 Å². The molecule has 0 radical (unpaired) electrons. The molecule has 5 unspecified atom stereocenters. The summed E-state index contributed by atoms with van der Waals surface area (Å²) in [5, 5.41) is 1.42. The van der Waals surface area contributed by atoms with Gasteiger partial charge in [0, 0.05) is 65.3 Å². The van der Waals surface area contributed by atoms with Crippen LogP contribution < -0.4 is 30.4 Å². The average Bonchev–Trinajstić information content (AvgIpc) is 1.50. The molecule has 17 rings (SSSR count). The molecule has 3 fully saturated rings. The first-order valence-electron chi connectivity index (χ1n) is 34.1. The minimum atomic E-state index is -0.217. The van der Waals surface area contributed by atoms with Crippen LogP contribution in [-0.4, -0.2) is 12.3 Å². The predicted molar refractivity (Wildman–Crippen MR) is 382 cm³/mol. The zero-order valence-corrected chi connectivity index (χ0v) is 56.6. The summed E-state index contributed by atoms with van der Waals surface area (Å²) in [7, 11) is 0. The van der Waals surface area contributed by atoms with E-state index < -0.39 is 0 Å². The van der Waals surface area contributed by atoms with Crippen LogP contribution in [0.4, 0.5) is 45.5 Å². The van der Waals surface area contributed by atoms with Gasteiger partial charge in [-0.15, -0.1) is 11.3 Å². The van der Waals surface area contributed by atoms with Crippen molar-refractivity contribution in [3.05, 3.63) is 197 Å². The number of benzene rings is 8. The van der Waals surface area contributed by atoms with Gasteiger partial charge in [0.1, 0.15) is 0 Å². The van der Waals surface area contributed by atoms with E-state index in [-0.39, 0.29) is 55.6 Å². The lowest BCUT2D eigenvalue weighted by Crippen LogP contribution is -2.64. The Morgan fingerprint density at radius 2 is 1.19 bits per heavy atom. The zero-order valence-electron chi connectivity index (χ0n) is 55.8. The second-order valence-corrected chi connectivity index (χ2v) is 34.7. The standard InChI is InChI=1S/C84H90BN3S/c1-76(2,3)52-31-33-55(34-32-52)86(66-30-22-20-27-57(66)51-25-17-16-18-26-51)67-38-37-65-74-71(67)81(13)40-23-24-41-83(81,15)88(74)69-46-54(77(4,5)6)45-68-72(69)85(65)75-73(60-48-63-64(49-70(60)89-75)79(9,10)44-43-78(63,7)8)87(68)56-35-36-59-58-28-19-21-29-61(58)84(62(59)47-56)50-53-39-42-82(84,14)80(53,11)12/h16-22,25-38,45-49,53H,23-24,39-44,50H2,1-15H3. The fourth-order valence-corrected chi connectivity index (χ4v) is 21.8. The average molecular weight is 1180 g/mol. The maximum absolute atomic E-state index is 3.00. The van der Waals surface area contributed by atoms with Gasteiger partial charge in [-0.3, -0.25) is 0 Å². The molecular formula is C84H90BN3S. The second kappa shape index (κ2) is 18.0. The van der Waals surface area contributed by atoms with Gasteiger partial charge in [0.05, 0.1) is 22.6 Å². The number of rotatable bonds is 5. The van der Waals surface area contributed by atoms with E-state index >= 15 is 0 Å². The molecule has 8 aliphatic rings. The van der Waals surface area contributed by atoms with E-state index in [2.05, 4.69) is 288 Å². The topological polar surface area (TPSA) is 9.72 Å². The molecule has 3 nitrogen and oxygen atoms in total. The Balaban J connectivity index is 0.979. The Kier molecular flexibility index (Phi) is 11.4. The van der Waals surface area contributed by atoms with Gasteiger partial charge in [0.25, 0.3) is 6.71 Å². The SMILES string of the molecule is CC(C)(C)c1ccc(N(c2ccccc2-c2ccccc2)c2ccc3c4c2C2(C)CCCCC2(C)N4c2cc(C(C)(C)C)cc4c2B3c2sc3cc5c(cc3c2N4c2ccc3c(c2)C2(CC4CCC2(C)C4(C)C)c2ccccc2-3)C(C)(C)CCC5(C)C)cc1. The molecular weight excluding hydrogens is 1090 g/mol. The molecule has 450 valence electrons. The Bertz CT molecular complexity index is 4510. The summed E-state index contributed by atoms with van der Waals surface area (Å²) in [6.07, 6.45) is 10.8. The zero-order chi connectivity index (χ0) is 61.7. The van der Waals surface area contributed by atoms with E-state index in [1.165, 1.54) is 161 Å². The van der Waals surface area contributed by atoms with Gasteiger partial charge in [0.2, 0.25) is 0 Å². The number of nitrogens with zero attached hydrogens (tertiary/aromatic N) is 3. The van der Waals surface area contributed by atoms with Crippen molar-refractivity contribution in [3.63, 3.8) is 0 Å². The molecule has 0 saturated heterocycles. The summed E-state index contributed by atoms with van der Waals surface area (Å²) in [5.74, 6) is 0.685. The van der Waals surface area contributed by atoms with Crippen LogP contribution in [0.2, 0.25) is 0 Å². The molecule has 4 heterocycles. The van der Waals surface area contributed by atoms with Crippen LogP contribution in [0, 0.1) is 16.7 Å². The van der Waals surface area contributed by atoms with Crippen molar-refractivity contribution in [3.8, 4) is 22.3 Å². The number of hydrogen-bond donors (Lipinski definition) is 0. The van der Waals surface area contributed by atoms with E-state index in [9.17, 15) is 0 Å². The molecule has 9 aromatic rings. The Morgan fingerprint density at radius 3 is 1.89 bits per heavy atom. The van der Waals surface area contributed by atoms with Crippen LogP contribution in [-0.2, 0) is 32.5 Å². The molecule has 0 N–H and O–H groups in total. The van der Waals surface area contributed by atoms with Crippen LogP contribution >= 0.6 is 11.3 Å². The summed E-state index contributed by atoms with van der Waals surface area (Å²) in [6.45, 7) is 37.8. The minimum Gasteiger partial charge on any atom is -0.335 e. The summed E-state index contributed by atoms with van der Waals surface area (Å²) in [5.41, 5.74) is 29.4. The van der Waals surface area contributed by atoms with E-state index in [0.717, 1.165) is 12.8 Å². The molecule has 5 atom stereocenters. The van der Waals surface area contributed by atoms with Crippen LogP contribution in [0.15, 0.2) is 158 Å². The molecule has 8 aromatic carbocycles. The van der Waals surface area contributed by atoms with Crippen molar-refractivity contribution in [2.24, 2.45) is 16.7 Å². The Morgan fingerprint density at radius 1 is 0.539 bits per heavy atom. The van der Waals surface area contributed by atoms with Gasteiger partial charge in [0.15, 0.2) is 0 Å². The number of thiophene rings is 1. The van der Waals surface area contributed by atoms with Gasteiger partial charge in [-0.05, 0) is 212 Å². The maximum Gasteiger partial charge on any atom is 0.264 e. The third kappa shape index (κ3) is 7.13. The third-order valence-electron chi connectivity index (χ3n) is 26.3.